The third-order valence-corrected chi connectivity index (χ3v) is 4.63. The lowest BCUT2D eigenvalue weighted by atomic mass is 10.3. The van der Waals surface area contributed by atoms with Crippen LogP contribution < -0.4 is 9.31 Å². The minimum absolute atomic E-state index is 0.0725. The summed E-state index contributed by atoms with van der Waals surface area (Å²) in [6.45, 7) is 0. The van der Waals surface area contributed by atoms with Gasteiger partial charge in [0, 0.05) is 0 Å². The third kappa shape index (κ3) is 4.89. The first-order valence-corrected chi connectivity index (χ1v) is 9.30. The molecule has 7 heteroatoms. The lowest BCUT2D eigenvalue weighted by Crippen LogP contribution is -2.11. The Morgan fingerprint density at radius 3 is 1.33 bits per heavy atom. The first kappa shape index (κ1) is 16.1. The predicted molar refractivity (Wildman–Crippen MR) is 86.0 cm³/mol. The van der Waals surface area contributed by atoms with Gasteiger partial charge in [0.2, 0.25) is 0 Å². The number of hydrogen-bond acceptors (Lipinski definition) is 4. The first-order valence-electron chi connectivity index (χ1n) is 6.19. The largest absolute Gasteiger partial charge is 0.612 e. The number of hydrogen-bond donors (Lipinski definition) is 0. The van der Waals surface area contributed by atoms with Crippen LogP contribution in [0.3, 0.4) is 0 Å². The maximum Gasteiger partial charge on any atom is 0.576 e. The lowest BCUT2D eigenvalue weighted by Gasteiger charge is -2.09. The normalized spacial score (nSPS) is 13.3. The van der Waals surface area contributed by atoms with Gasteiger partial charge in [-0.2, -0.15) is 0 Å². The molecule has 0 aliphatic heterocycles. The molecular weight excluding hydrogens is 307 g/mol. The van der Waals surface area contributed by atoms with Crippen LogP contribution in [0.25, 0.3) is 0 Å². The molecule has 0 fully saturated rings. The Labute approximate surface area is 131 Å². The van der Waals surface area contributed by atoms with Gasteiger partial charge in [0.05, 0.1) is 0 Å². The Hall–Kier alpha value is -1.28. The zero-order chi connectivity index (χ0) is 15.2. The van der Waals surface area contributed by atoms with Gasteiger partial charge in [-0.15, -0.1) is 0 Å². The Balaban J connectivity index is 1.83. The van der Waals surface area contributed by atoms with Crippen molar-refractivity contribution < 1.29 is 18.4 Å². The molecule has 0 heterocycles. The summed E-state index contributed by atoms with van der Waals surface area (Å²) in [4.78, 5) is 1.51. The van der Waals surface area contributed by atoms with Gasteiger partial charge in [-0.3, -0.25) is 0 Å². The van der Waals surface area contributed by atoms with E-state index < -0.39 is 22.4 Å². The fraction of sp³-hybridized carbons (Fsp3) is 0.143. The molecule has 0 radical (unpaired) electrons. The van der Waals surface area contributed by atoms with E-state index in [4.69, 9.17) is 9.31 Å². The summed E-state index contributed by atoms with van der Waals surface area (Å²) in [7, 11) is 0.0725. The molecule has 2 rings (SSSR count). The Morgan fingerprint density at radius 1 is 0.714 bits per heavy atom. The second kappa shape index (κ2) is 7.65. The number of benzene rings is 2. The molecule has 0 spiro atoms. The van der Waals surface area contributed by atoms with Crippen LogP contribution in [0.15, 0.2) is 58.3 Å². The fourth-order valence-electron chi connectivity index (χ4n) is 1.62. The molecular formula is C14H15BO4S2. The predicted octanol–water partition coefficient (Wildman–Crippen LogP) is 1.89. The zero-order valence-corrected chi connectivity index (χ0v) is 13.4. The molecule has 0 saturated heterocycles. The molecule has 0 bridgehead atoms. The molecule has 0 aliphatic carbocycles. The van der Waals surface area contributed by atoms with E-state index >= 15 is 0 Å². The summed E-state index contributed by atoms with van der Waals surface area (Å²) in [5, 5.41) is 0. The van der Waals surface area contributed by atoms with Crippen molar-refractivity contribution in [2.75, 3.05) is 12.5 Å². The minimum atomic E-state index is -0.991. The molecule has 0 aromatic heterocycles. The van der Waals surface area contributed by atoms with Crippen molar-refractivity contribution >= 4 is 30.0 Å². The van der Waals surface area contributed by atoms with Gasteiger partial charge < -0.3 is 18.4 Å². The minimum Gasteiger partial charge on any atom is -0.612 e. The van der Waals surface area contributed by atoms with Crippen LogP contribution >= 0.6 is 0 Å². The quantitative estimate of drug-likeness (QED) is 0.602. The Kier molecular flexibility index (Phi) is 5.87. The van der Waals surface area contributed by atoms with Crippen molar-refractivity contribution in [3.8, 4) is 11.5 Å². The van der Waals surface area contributed by atoms with Gasteiger partial charge in [-0.1, -0.05) is 0 Å². The molecule has 0 amide bonds. The molecule has 0 aliphatic rings. The summed E-state index contributed by atoms with van der Waals surface area (Å²) in [6, 6.07) is 14.1. The summed E-state index contributed by atoms with van der Waals surface area (Å²) in [5.74, 6) is 1.30. The van der Waals surface area contributed by atoms with Gasteiger partial charge in [0.25, 0.3) is 0 Å². The van der Waals surface area contributed by atoms with E-state index in [1.807, 2.05) is 0 Å². The van der Waals surface area contributed by atoms with E-state index in [-0.39, 0.29) is 7.69 Å². The van der Waals surface area contributed by atoms with Crippen molar-refractivity contribution in [2.45, 2.75) is 9.79 Å². The second-order valence-electron chi connectivity index (χ2n) is 4.26. The summed E-state index contributed by atoms with van der Waals surface area (Å²) < 4.78 is 33.4. The highest BCUT2D eigenvalue weighted by atomic mass is 32.2. The van der Waals surface area contributed by atoms with Crippen molar-refractivity contribution in [1.82, 2.24) is 0 Å². The van der Waals surface area contributed by atoms with E-state index in [2.05, 4.69) is 0 Å². The highest BCUT2D eigenvalue weighted by molar-refractivity contribution is 7.91. The Bertz CT molecular complexity index is 507. The van der Waals surface area contributed by atoms with Gasteiger partial charge >= 0.3 is 7.69 Å². The van der Waals surface area contributed by atoms with Crippen LogP contribution in [0.4, 0.5) is 0 Å². The van der Waals surface area contributed by atoms with E-state index in [1.165, 1.54) is 0 Å². The highest BCUT2D eigenvalue weighted by Crippen LogP contribution is 2.17. The van der Waals surface area contributed by atoms with Gasteiger partial charge in [-0.25, -0.2) is 0 Å². The average Bonchev–Trinajstić information content (AvgIpc) is 2.48. The van der Waals surface area contributed by atoms with Crippen molar-refractivity contribution in [2.24, 2.45) is 0 Å². The van der Waals surface area contributed by atoms with Crippen LogP contribution in [0, 0.1) is 0 Å². The topological polar surface area (TPSA) is 64.6 Å². The van der Waals surface area contributed by atoms with Gasteiger partial charge in [0.15, 0.2) is 9.79 Å². The van der Waals surface area contributed by atoms with Gasteiger partial charge in [0.1, 0.15) is 24.0 Å². The molecule has 2 unspecified atom stereocenters. The second-order valence-corrected chi connectivity index (χ2v) is 7.02. The molecule has 21 heavy (non-hydrogen) atoms. The van der Waals surface area contributed by atoms with Crippen LogP contribution in [-0.4, -0.2) is 29.3 Å². The average molecular weight is 322 g/mol. The monoisotopic (exact) mass is 322 g/mol. The van der Waals surface area contributed by atoms with Gasteiger partial charge in [-0.05, 0) is 70.9 Å². The summed E-state index contributed by atoms with van der Waals surface area (Å²) in [5.41, 5.74) is 0. The standard InChI is InChI=1S/C14H15BO4S2/c1-20(16)13-7-3-11(4-8-13)18-15-19-12-5-9-14(10-6-12)21(2)17/h3-10,15H,1-2H3. The maximum atomic E-state index is 11.3. The van der Waals surface area contributed by atoms with E-state index in [9.17, 15) is 9.11 Å². The summed E-state index contributed by atoms with van der Waals surface area (Å²) >= 11 is -1.98. The smallest absolute Gasteiger partial charge is 0.576 e. The molecule has 4 nitrogen and oxygen atoms in total. The van der Waals surface area contributed by atoms with Crippen molar-refractivity contribution in [3.05, 3.63) is 48.5 Å². The third-order valence-electron chi connectivity index (χ3n) is 2.76. The lowest BCUT2D eigenvalue weighted by molar-refractivity contribution is 0.458. The molecule has 2 aromatic carbocycles. The van der Waals surface area contributed by atoms with Crippen LogP contribution in [0.2, 0.25) is 0 Å². The van der Waals surface area contributed by atoms with Crippen molar-refractivity contribution in [1.29, 1.82) is 0 Å². The number of rotatable bonds is 6. The van der Waals surface area contributed by atoms with Crippen LogP contribution in [-0.2, 0) is 22.4 Å². The molecule has 2 aromatic rings. The molecule has 2 atom stereocenters. The SMILES string of the molecule is C[S+]([O-])c1ccc(OBOc2ccc([S+](C)[O-])cc2)cc1. The zero-order valence-electron chi connectivity index (χ0n) is 11.8. The Morgan fingerprint density at radius 2 is 1.05 bits per heavy atom. The van der Waals surface area contributed by atoms with E-state index in [0.717, 1.165) is 9.79 Å². The van der Waals surface area contributed by atoms with Crippen LogP contribution in [0.1, 0.15) is 0 Å². The molecule has 0 N–H and O–H groups in total. The first-order chi connectivity index (χ1) is 10.1. The maximum absolute atomic E-state index is 11.3. The van der Waals surface area contributed by atoms with Crippen molar-refractivity contribution in [3.63, 3.8) is 0 Å². The van der Waals surface area contributed by atoms with E-state index in [0.29, 0.717) is 11.5 Å². The molecule has 110 valence electrons. The fourth-order valence-corrected chi connectivity index (χ4v) is 2.66. The molecule has 0 saturated carbocycles. The highest BCUT2D eigenvalue weighted by Gasteiger charge is 2.06. The van der Waals surface area contributed by atoms with Crippen LogP contribution in [0.5, 0.6) is 11.5 Å². The summed E-state index contributed by atoms with van der Waals surface area (Å²) in [6.07, 6.45) is 3.26. The van der Waals surface area contributed by atoms with E-state index in [1.54, 1.807) is 61.0 Å².